The van der Waals surface area contributed by atoms with Crippen molar-refractivity contribution < 1.29 is 9.53 Å². The summed E-state index contributed by atoms with van der Waals surface area (Å²) in [4.78, 5) is 14.1. The molecule has 0 aromatic carbocycles. The number of nitrogens with one attached hydrogen (secondary N) is 3. The maximum absolute atomic E-state index is 12.0. The molecule has 0 aromatic heterocycles. The number of hydrogen-bond acceptors (Lipinski definition) is 6. The van der Waals surface area contributed by atoms with Gasteiger partial charge in [0.1, 0.15) is 0 Å². The third-order valence-corrected chi connectivity index (χ3v) is 8.41. The Morgan fingerprint density at radius 2 is 1.76 bits per heavy atom. The zero-order chi connectivity index (χ0) is 19.8. The Morgan fingerprint density at radius 3 is 2.48 bits per heavy atom. The smallest absolute Gasteiger partial charge is 0.222 e. The molecule has 0 spiro atoms. The topological polar surface area (TPSA) is 68.9 Å². The fraction of sp³-hybridized carbons (Fsp3) is 0.955. The number of hydrazine groups is 1. The average Bonchev–Trinajstić information content (AvgIpc) is 3.15. The van der Waals surface area contributed by atoms with Gasteiger partial charge in [0.25, 0.3) is 0 Å². The van der Waals surface area contributed by atoms with Gasteiger partial charge in [0.05, 0.1) is 19.3 Å². The van der Waals surface area contributed by atoms with E-state index in [1.54, 1.807) is 0 Å². The number of hydrogen-bond donors (Lipinski definition) is 3. The minimum Gasteiger partial charge on any atom is -0.378 e. The molecule has 3 N–H and O–H groups in total. The number of likely N-dealkylation sites (tertiary alicyclic amines) is 1. The van der Waals surface area contributed by atoms with Crippen molar-refractivity contribution in [3.63, 3.8) is 0 Å². The number of piperidine rings is 3. The van der Waals surface area contributed by atoms with E-state index in [0.717, 1.165) is 63.7 Å². The summed E-state index contributed by atoms with van der Waals surface area (Å²) in [5.74, 6) is 2.68. The Bertz CT molecular complexity index is 578. The molecule has 5 unspecified atom stereocenters. The molecule has 5 aliphatic heterocycles. The summed E-state index contributed by atoms with van der Waals surface area (Å²) in [6, 6.07) is 2.39. The molecule has 0 bridgehead atoms. The van der Waals surface area contributed by atoms with Crippen LogP contribution in [0.3, 0.4) is 0 Å². The Balaban J connectivity index is 1.15. The van der Waals surface area contributed by atoms with Crippen LogP contribution in [0.25, 0.3) is 0 Å². The van der Waals surface area contributed by atoms with Crippen molar-refractivity contribution in [2.45, 2.75) is 69.6 Å². The second-order valence-electron chi connectivity index (χ2n) is 9.96. The number of ether oxygens (including phenoxy) is 1. The van der Waals surface area contributed by atoms with Gasteiger partial charge in [-0.15, -0.1) is 0 Å². The fourth-order valence-electron chi connectivity index (χ4n) is 6.51. The van der Waals surface area contributed by atoms with E-state index in [1.807, 2.05) is 6.92 Å². The molecule has 5 fully saturated rings. The van der Waals surface area contributed by atoms with Gasteiger partial charge in [-0.1, -0.05) is 6.92 Å². The SMILES string of the molecule is CCC(=O)N1CCC(C2CCNC(C3CC4C(CN3)CNN4C3COC3)C2)CC1. The van der Waals surface area contributed by atoms with Crippen molar-refractivity contribution in [2.24, 2.45) is 17.8 Å². The summed E-state index contributed by atoms with van der Waals surface area (Å²) in [5, 5.41) is 10.3. The summed E-state index contributed by atoms with van der Waals surface area (Å²) >= 11 is 0. The number of nitrogens with zero attached hydrogens (tertiary/aromatic N) is 2. The zero-order valence-corrected chi connectivity index (χ0v) is 17.9. The van der Waals surface area contributed by atoms with Crippen molar-refractivity contribution in [1.29, 1.82) is 0 Å². The molecule has 164 valence electrons. The largest absolute Gasteiger partial charge is 0.378 e. The lowest BCUT2D eigenvalue weighted by Gasteiger charge is -2.46. The quantitative estimate of drug-likeness (QED) is 0.635. The molecule has 0 aliphatic carbocycles. The van der Waals surface area contributed by atoms with Crippen LogP contribution < -0.4 is 16.1 Å². The lowest BCUT2D eigenvalue weighted by atomic mass is 9.74. The van der Waals surface area contributed by atoms with Crippen LogP contribution >= 0.6 is 0 Å². The standard InChI is InChI=1S/C22H39N5O2/c1-2-22(28)26-7-4-15(5-8-26)16-3-6-23-19(9-16)20-10-21-17(11-24-20)12-25-27(21)18-13-29-14-18/h15-21,23-25H,2-14H2,1H3. The van der Waals surface area contributed by atoms with E-state index < -0.39 is 0 Å². The molecule has 7 heteroatoms. The first-order chi connectivity index (χ1) is 14.2. The minimum atomic E-state index is 0.333. The molecule has 0 aromatic rings. The summed E-state index contributed by atoms with van der Waals surface area (Å²) in [7, 11) is 0. The highest BCUT2D eigenvalue weighted by molar-refractivity contribution is 5.75. The van der Waals surface area contributed by atoms with Gasteiger partial charge < -0.3 is 20.3 Å². The number of rotatable bonds is 4. The van der Waals surface area contributed by atoms with E-state index in [-0.39, 0.29) is 0 Å². The van der Waals surface area contributed by atoms with Gasteiger partial charge in [0.15, 0.2) is 0 Å². The molecule has 5 saturated heterocycles. The first-order valence-electron chi connectivity index (χ1n) is 12.1. The van der Waals surface area contributed by atoms with Gasteiger partial charge in [0.2, 0.25) is 5.91 Å². The van der Waals surface area contributed by atoms with E-state index in [2.05, 4.69) is 26.0 Å². The second-order valence-corrected chi connectivity index (χ2v) is 9.96. The van der Waals surface area contributed by atoms with Crippen LogP contribution in [0, 0.1) is 17.8 Å². The third-order valence-electron chi connectivity index (χ3n) is 8.41. The van der Waals surface area contributed by atoms with E-state index >= 15 is 0 Å². The van der Waals surface area contributed by atoms with Gasteiger partial charge in [-0.2, -0.15) is 0 Å². The molecular weight excluding hydrogens is 366 g/mol. The lowest BCUT2D eigenvalue weighted by Crippen LogP contribution is -2.62. The highest BCUT2D eigenvalue weighted by Gasteiger charge is 2.45. The second kappa shape index (κ2) is 8.79. The van der Waals surface area contributed by atoms with Gasteiger partial charge >= 0.3 is 0 Å². The summed E-state index contributed by atoms with van der Waals surface area (Å²) in [6.45, 7) is 9.08. The maximum Gasteiger partial charge on any atom is 0.222 e. The molecule has 5 atom stereocenters. The van der Waals surface area contributed by atoms with Crippen LogP contribution in [0.15, 0.2) is 0 Å². The number of amides is 1. The Morgan fingerprint density at radius 1 is 0.966 bits per heavy atom. The average molecular weight is 406 g/mol. The molecule has 0 saturated carbocycles. The summed E-state index contributed by atoms with van der Waals surface area (Å²) < 4.78 is 5.45. The molecule has 5 heterocycles. The molecule has 7 nitrogen and oxygen atoms in total. The molecule has 5 rings (SSSR count). The Labute approximate surface area is 175 Å². The Kier molecular flexibility index (Phi) is 6.12. The predicted molar refractivity (Wildman–Crippen MR) is 112 cm³/mol. The van der Waals surface area contributed by atoms with Crippen molar-refractivity contribution in [1.82, 2.24) is 26.0 Å². The lowest BCUT2D eigenvalue weighted by molar-refractivity contribution is -0.132. The molecule has 29 heavy (non-hydrogen) atoms. The highest BCUT2D eigenvalue weighted by Crippen LogP contribution is 2.35. The van der Waals surface area contributed by atoms with Crippen LogP contribution in [0.2, 0.25) is 0 Å². The van der Waals surface area contributed by atoms with Crippen LogP contribution in [0.1, 0.15) is 45.4 Å². The predicted octanol–water partition coefficient (Wildman–Crippen LogP) is 0.569. The van der Waals surface area contributed by atoms with Crippen LogP contribution in [0.5, 0.6) is 0 Å². The van der Waals surface area contributed by atoms with Crippen LogP contribution in [0.4, 0.5) is 0 Å². The number of carbonyl (C=O) groups excluding carboxylic acids is 1. The number of fused-ring (bicyclic) bond motifs is 1. The first kappa shape index (κ1) is 20.2. The Hall–Kier alpha value is -0.730. The van der Waals surface area contributed by atoms with Crippen LogP contribution in [-0.4, -0.2) is 85.9 Å². The number of carbonyl (C=O) groups is 1. The van der Waals surface area contributed by atoms with Gasteiger partial charge in [-0.3, -0.25) is 10.2 Å². The van der Waals surface area contributed by atoms with Crippen molar-refractivity contribution in [3.05, 3.63) is 0 Å². The van der Waals surface area contributed by atoms with E-state index in [9.17, 15) is 4.79 Å². The monoisotopic (exact) mass is 405 g/mol. The zero-order valence-electron chi connectivity index (χ0n) is 17.9. The van der Waals surface area contributed by atoms with E-state index in [4.69, 9.17) is 4.74 Å². The van der Waals surface area contributed by atoms with Gasteiger partial charge in [0, 0.05) is 56.6 Å². The minimum absolute atomic E-state index is 0.333. The fourth-order valence-corrected chi connectivity index (χ4v) is 6.51. The van der Waals surface area contributed by atoms with Crippen molar-refractivity contribution >= 4 is 5.91 Å². The molecule has 5 aliphatic rings. The van der Waals surface area contributed by atoms with Gasteiger partial charge in [-0.05, 0) is 50.5 Å². The maximum atomic E-state index is 12.0. The highest BCUT2D eigenvalue weighted by atomic mass is 16.5. The van der Waals surface area contributed by atoms with Crippen molar-refractivity contribution in [2.75, 3.05) is 45.9 Å². The van der Waals surface area contributed by atoms with E-state index in [1.165, 1.54) is 32.1 Å². The van der Waals surface area contributed by atoms with Crippen LogP contribution in [-0.2, 0) is 9.53 Å². The summed E-state index contributed by atoms with van der Waals surface area (Å²) in [5.41, 5.74) is 3.66. The molecular formula is C22H39N5O2. The summed E-state index contributed by atoms with van der Waals surface area (Å²) in [6.07, 6.45) is 6.88. The third kappa shape index (κ3) is 4.09. The normalized spacial score (nSPS) is 39.9. The molecule has 0 radical (unpaired) electrons. The van der Waals surface area contributed by atoms with E-state index in [0.29, 0.717) is 36.5 Å². The first-order valence-corrected chi connectivity index (χ1v) is 12.1. The van der Waals surface area contributed by atoms with Crippen molar-refractivity contribution in [3.8, 4) is 0 Å². The molecule has 1 amide bonds. The van der Waals surface area contributed by atoms with Gasteiger partial charge in [-0.25, -0.2) is 5.01 Å².